The van der Waals surface area contributed by atoms with Crippen LogP contribution in [0.3, 0.4) is 0 Å². The van der Waals surface area contributed by atoms with E-state index < -0.39 is 36.8 Å². The van der Waals surface area contributed by atoms with E-state index in [2.05, 4.69) is 0 Å². The maximum atomic E-state index is 13.4. The highest BCUT2D eigenvalue weighted by molar-refractivity contribution is 7.85. The van der Waals surface area contributed by atoms with Crippen LogP contribution in [-0.4, -0.2) is 30.2 Å². The van der Waals surface area contributed by atoms with Gasteiger partial charge in [-0.2, -0.15) is 0 Å². The molecule has 1 atom stereocenters. The fourth-order valence-corrected chi connectivity index (χ4v) is 3.60. The van der Waals surface area contributed by atoms with Gasteiger partial charge in [0.2, 0.25) is 0 Å². The lowest BCUT2D eigenvalue weighted by Crippen LogP contribution is -2.43. The van der Waals surface area contributed by atoms with Gasteiger partial charge in [-0.05, 0) is 37.6 Å². The summed E-state index contributed by atoms with van der Waals surface area (Å²) in [6, 6.07) is 11.1. The molecule has 1 unspecified atom stereocenters. The molecular weight excluding hydrogens is 292 g/mol. The van der Waals surface area contributed by atoms with Crippen LogP contribution in [0.4, 0.5) is 5.69 Å². The minimum Gasteiger partial charge on any atom is -0.368 e. The number of nitrogens with one attached hydrogen (secondary N) is 1. The Hall–Kier alpha value is -1.65. The Morgan fingerprint density at radius 1 is 1.09 bits per heavy atom. The molecule has 116 valence electrons. The fourth-order valence-electron chi connectivity index (χ4n) is 2.27. The molecule has 1 fully saturated rings. The number of rotatable bonds is 3. The van der Waals surface area contributed by atoms with E-state index in [1.165, 1.54) is 18.2 Å². The van der Waals surface area contributed by atoms with Crippen molar-refractivity contribution in [3.63, 3.8) is 0 Å². The van der Waals surface area contributed by atoms with Crippen LogP contribution in [0.15, 0.2) is 52.3 Å². The van der Waals surface area contributed by atoms with Gasteiger partial charge >= 0.3 is 0 Å². The van der Waals surface area contributed by atoms with E-state index in [-0.39, 0.29) is 10.6 Å². The van der Waals surface area contributed by atoms with E-state index >= 15 is 0 Å². The molecule has 3 nitrogen and oxygen atoms in total. The Morgan fingerprint density at radius 3 is 2.55 bits per heavy atom. The predicted molar refractivity (Wildman–Crippen MR) is 92.1 cm³/mol. The summed E-state index contributed by atoms with van der Waals surface area (Å²) in [6.45, 7) is -8.19. The Labute approximate surface area is 146 Å². The highest BCUT2D eigenvalue weighted by Gasteiger charge is 2.19. The molecule has 22 heavy (non-hydrogen) atoms. The van der Waals surface area contributed by atoms with Crippen LogP contribution in [0.2, 0.25) is 0 Å². The molecule has 2 aromatic carbocycles. The molecule has 1 N–H and O–H groups in total. The number of aryl methyl sites for hydroxylation is 2. The molecule has 3 rings (SSSR count). The Kier molecular flexibility index (Phi) is 2.49. The maximum absolute atomic E-state index is 13.4. The molecule has 0 aliphatic carbocycles. The van der Waals surface area contributed by atoms with Crippen molar-refractivity contribution in [1.82, 2.24) is 5.32 Å². The van der Waals surface area contributed by atoms with Crippen LogP contribution in [0.5, 0.6) is 0 Å². The van der Waals surface area contributed by atoms with Crippen LogP contribution in [0, 0.1) is 13.8 Å². The van der Waals surface area contributed by atoms with E-state index in [0.29, 0.717) is 9.80 Å². The van der Waals surface area contributed by atoms with Gasteiger partial charge in [-0.3, -0.25) is 0 Å². The molecule has 1 heterocycles. The van der Waals surface area contributed by atoms with Crippen molar-refractivity contribution in [2.75, 3.05) is 30.9 Å². The zero-order chi connectivity index (χ0) is 22.7. The third kappa shape index (κ3) is 3.08. The Balaban J connectivity index is 2.24. The topological polar surface area (TPSA) is 32.3 Å². The average Bonchev–Trinajstić information content (AvgIpc) is 2.59. The van der Waals surface area contributed by atoms with Gasteiger partial charge in [0.25, 0.3) is 0 Å². The average molecular weight is 323 g/mol. The van der Waals surface area contributed by atoms with Crippen LogP contribution < -0.4 is 10.2 Å². The van der Waals surface area contributed by atoms with Crippen LogP contribution in [0.1, 0.15) is 22.1 Å². The minimum absolute atomic E-state index is 0.0608. The van der Waals surface area contributed by atoms with Crippen molar-refractivity contribution in [3.05, 3.63) is 53.6 Å². The molecule has 2 aromatic rings. The van der Waals surface area contributed by atoms with E-state index in [4.69, 9.17) is 11.0 Å². The summed E-state index contributed by atoms with van der Waals surface area (Å²) >= 11 is 0. The number of anilines is 1. The fraction of sp³-hybridized carbons (Fsp3) is 0.333. The first-order valence-corrected chi connectivity index (χ1v) is 7.96. The summed E-state index contributed by atoms with van der Waals surface area (Å²) in [5, 5.41) is 1.81. The lowest BCUT2D eigenvalue weighted by molar-refractivity contribution is 0.586. The lowest BCUT2D eigenvalue weighted by Gasteiger charge is -2.31. The second-order valence-electron chi connectivity index (χ2n) is 4.94. The van der Waals surface area contributed by atoms with E-state index in [9.17, 15) is 4.21 Å². The first kappa shape index (κ1) is 8.27. The first-order chi connectivity index (χ1) is 13.6. The quantitative estimate of drug-likeness (QED) is 0.943. The third-order valence-corrected chi connectivity index (χ3v) is 4.90. The number of benzene rings is 2. The van der Waals surface area contributed by atoms with Crippen LogP contribution in [0.25, 0.3) is 0 Å². The highest BCUT2D eigenvalue weighted by atomic mass is 32.2. The largest absolute Gasteiger partial charge is 0.368 e. The van der Waals surface area contributed by atoms with Crippen molar-refractivity contribution in [2.45, 2.75) is 23.6 Å². The normalized spacial score (nSPS) is 31.1. The van der Waals surface area contributed by atoms with Gasteiger partial charge in [0, 0.05) is 36.4 Å². The standard InChI is InChI=1S/C18H22N2OS/c1-14-7-8-17(15(2)13-14)22(21)18-6-4-3-5-16(18)20-11-9-19-10-12-20/h3-8,13,19H,9-12H2,1-2H3/i9D2,10D2,11D2,12D2. The number of hydrogen-bond acceptors (Lipinski definition) is 3. The van der Waals surface area contributed by atoms with Crippen LogP contribution >= 0.6 is 0 Å². The third-order valence-electron chi connectivity index (χ3n) is 3.30. The van der Waals surface area contributed by atoms with Gasteiger partial charge in [0.05, 0.1) is 26.9 Å². The summed E-state index contributed by atoms with van der Waals surface area (Å²) in [7, 11) is -1.84. The maximum Gasteiger partial charge on any atom is 0.0873 e. The number of para-hydroxylation sites is 1. The molecule has 4 heteroatoms. The molecule has 1 aliphatic heterocycles. The summed E-state index contributed by atoms with van der Waals surface area (Å²) < 4.78 is 78.7. The molecule has 0 aromatic heterocycles. The summed E-state index contributed by atoms with van der Waals surface area (Å²) in [5.74, 6) is 0. The van der Waals surface area contributed by atoms with Crippen molar-refractivity contribution in [1.29, 1.82) is 0 Å². The molecule has 0 spiro atoms. The highest BCUT2D eigenvalue weighted by Crippen LogP contribution is 2.29. The number of nitrogens with zero attached hydrogens (tertiary/aromatic N) is 1. The molecule has 1 saturated heterocycles. The van der Waals surface area contributed by atoms with Crippen molar-refractivity contribution >= 4 is 16.5 Å². The Morgan fingerprint density at radius 2 is 1.82 bits per heavy atom. The summed E-state index contributed by atoms with van der Waals surface area (Å²) in [4.78, 5) is 0.939. The van der Waals surface area contributed by atoms with Gasteiger partial charge in [0.15, 0.2) is 0 Å². The van der Waals surface area contributed by atoms with Crippen LogP contribution in [-0.2, 0) is 10.8 Å². The zero-order valence-corrected chi connectivity index (χ0v) is 13.1. The second kappa shape index (κ2) is 6.63. The zero-order valence-electron chi connectivity index (χ0n) is 20.3. The monoisotopic (exact) mass is 322 g/mol. The molecular formula is C18H22N2OS. The number of piperazine rings is 1. The van der Waals surface area contributed by atoms with E-state index in [0.717, 1.165) is 11.1 Å². The minimum atomic E-state index is -3.00. The second-order valence-corrected chi connectivity index (χ2v) is 6.36. The Bertz CT molecular complexity index is 985. The lowest BCUT2D eigenvalue weighted by atomic mass is 10.2. The molecule has 0 bridgehead atoms. The van der Waals surface area contributed by atoms with Gasteiger partial charge in [-0.15, -0.1) is 0 Å². The molecule has 0 saturated carbocycles. The van der Waals surface area contributed by atoms with Crippen molar-refractivity contribution in [2.24, 2.45) is 0 Å². The van der Waals surface area contributed by atoms with E-state index in [1.807, 2.05) is 18.3 Å². The van der Waals surface area contributed by atoms with Crippen molar-refractivity contribution < 1.29 is 15.2 Å². The molecule has 0 amide bonds. The SMILES string of the molecule is [2H]C1([2H])NC([2H])([2H])C([2H])([2H])N(c2ccccc2S(=O)c2ccc(C)cc2C)C1([2H])[2H]. The van der Waals surface area contributed by atoms with Crippen molar-refractivity contribution in [3.8, 4) is 0 Å². The van der Waals surface area contributed by atoms with Gasteiger partial charge in [-0.1, -0.05) is 29.8 Å². The smallest absolute Gasteiger partial charge is 0.0873 e. The van der Waals surface area contributed by atoms with Gasteiger partial charge in [-0.25, -0.2) is 4.21 Å². The molecule has 1 aliphatic rings. The molecule has 0 radical (unpaired) electrons. The first-order valence-electron chi connectivity index (χ1n) is 10.8. The summed E-state index contributed by atoms with van der Waals surface area (Å²) in [6.07, 6.45) is 0. The van der Waals surface area contributed by atoms with Gasteiger partial charge < -0.3 is 10.2 Å². The number of hydrogen-bond donors (Lipinski definition) is 1. The van der Waals surface area contributed by atoms with Gasteiger partial charge in [0.1, 0.15) is 0 Å². The summed E-state index contributed by atoms with van der Waals surface area (Å²) in [5.41, 5.74) is 1.53. The van der Waals surface area contributed by atoms with E-state index in [1.54, 1.807) is 25.1 Å². The predicted octanol–water partition coefficient (Wildman–Crippen LogP) is 2.88.